The average molecular weight is 1270 g/mol. The van der Waals surface area contributed by atoms with Crippen LogP contribution in [0.4, 0.5) is 4.79 Å². The summed E-state index contributed by atoms with van der Waals surface area (Å²) in [5.41, 5.74) is 17.8. The van der Waals surface area contributed by atoms with Crippen LogP contribution in [0.15, 0.2) is 41.5 Å². The molecule has 2 fully saturated rings. The van der Waals surface area contributed by atoms with Crippen molar-refractivity contribution in [1.29, 1.82) is 0 Å². The van der Waals surface area contributed by atoms with Gasteiger partial charge in [0.15, 0.2) is 23.3 Å². The van der Waals surface area contributed by atoms with E-state index in [4.69, 9.17) is 31.4 Å². The topological polar surface area (TPSA) is 412 Å². The lowest BCUT2D eigenvalue weighted by molar-refractivity contribution is -0.136. The van der Waals surface area contributed by atoms with Crippen LogP contribution in [-0.4, -0.2) is 185 Å². The molecule has 4 heterocycles. The lowest BCUT2D eigenvalue weighted by Gasteiger charge is -2.26. The molecule has 3 aliphatic rings. The Morgan fingerprint density at radius 3 is 2.12 bits per heavy atom. The van der Waals surface area contributed by atoms with Crippen LogP contribution in [0.3, 0.4) is 0 Å². The van der Waals surface area contributed by atoms with E-state index >= 15 is 0 Å². The number of ether oxygens (including phenoxy) is 3. The average Bonchev–Trinajstić information content (AvgIpc) is 2.22. The number of amides is 7. The minimum absolute atomic E-state index is 0.0383. The van der Waals surface area contributed by atoms with E-state index in [0.29, 0.717) is 68.4 Å². The summed E-state index contributed by atoms with van der Waals surface area (Å²) < 4.78 is 18.3. The number of hydrogen-bond donors (Lipinski definition) is 10. The molecule has 2 aromatic rings. The minimum atomic E-state index is -1.50. The number of aliphatic imine (C=N–C) groups is 1. The molecule has 28 heteroatoms. The van der Waals surface area contributed by atoms with Gasteiger partial charge in [0.2, 0.25) is 29.5 Å². The second-order valence-corrected chi connectivity index (χ2v) is 24.2. The minimum Gasteiger partial charge on any atom is -0.394 e. The summed E-state index contributed by atoms with van der Waals surface area (Å²) in [5.74, 6) is -7.63. The lowest BCUT2D eigenvalue weighted by atomic mass is 9.88. The van der Waals surface area contributed by atoms with Crippen molar-refractivity contribution in [3.63, 3.8) is 0 Å². The number of guanidine groups is 1. The SMILES string of the molecule is CC.CC(C)C[C@H]1CC(=O)[C@@H](CO)NC(=O)[C@@H](CC(=O)COCCOCCOCCCC(=O)CCCC[C@H]2SC[C@H]3NC(=O)N[C@H]32)Cc2cn(nn2)CCCC[C@@H](C(N)=O)NC(=O)CNC(=O)[C@@H](Cc2ccccc2)CC(=O)[C@@H](CCCN=C(N)N)NC1=O. The molecule has 2 bridgehead atoms. The third-order valence-electron chi connectivity index (χ3n) is 15.3. The molecule has 0 aliphatic carbocycles. The Labute approximate surface area is 526 Å². The number of hydrogen-bond acceptors (Lipinski definition) is 18. The van der Waals surface area contributed by atoms with Crippen molar-refractivity contribution in [2.24, 2.45) is 45.9 Å². The smallest absolute Gasteiger partial charge is 0.315 e. The van der Waals surface area contributed by atoms with Gasteiger partial charge >= 0.3 is 6.03 Å². The summed E-state index contributed by atoms with van der Waals surface area (Å²) in [6, 6.07) is 5.37. The maximum absolute atomic E-state index is 14.4. The van der Waals surface area contributed by atoms with Crippen LogP contribution in [0, 0.1) is 23.7 Å². The summed E-state index contributed by atoms with van der Waals surface area (Å²) in [6.45, 7) is 7.47. The second-order valence-electron chi connectivity index (χ2n) is 22.9. The largest absolute Gasteiger partial charge is 0.394 e. The number of nitrogens with two attached hydrogens (primary N) is 3. The number of aliphatic hydroxyl groups excluding tert-OH is 1. The number of aromatic nitrogens is 3. The fraction of sp³-hybridized carbons (Fsp3) is 0.689. The second kappa shape index (κ2) is 41.4. The number of nitrogens with zero attached hydrogens (tertiary/aromatic N) is 4. The maximum Gasteiger partial charge on any atom is 0.315 e. The summed E-state index contributed by atoms with van der Waals surface area (Å²) in [6.07, 6.45) is 6.03. The molecule has 3 aliphatic heterocycles. The molecule has 7 amide bonds. The van der Waals surface area contributed by atoms with E-state index in [2.05, 4.69) is 47.2 Å². The van der Waals surface area contributed by atoms with Gasteiger partial charge < -0.3 is 68.4 Å². The van der Waals surface area contributed by atoms with Crippen LogP contribution in [0.1, 0.15) is 135 Å². The predicted octanol–water partition coefficient (Wildman–Crippen LogP) is 1.27. The van der Waals surface area contributed by atoms with Crippen LogP contribution >= 0.6 is 11.8 Å². The van der Waals surface area contributed by atoms with Crippen molar-refractivity contribution in [3.8, 4) is 0 Å². The number of thioether (sulfide) groups is 1. The number of carbonyl (C=O) groups is 10. The zero-order valence-corrected chi connectivity index (χ0v) is 53.0. The number of benzene rings is 1. The van der Waals surface area contributed by atoms with Crippen LogP contribution < -0.4 is 49.1 Å². The maximum atomic E-state index is 14.4. The van der Waals surface area contributed by atoms with Crippen molar-refractivity contribution in [2.45, 2.75) is 179 Å². The number of unbranched alkanes of at least 4 members (excludes halogenated alkanes) is 1. The van der Waals surface area contributed by atoms with Gasteiger partial charge in [0.25, 0.3) is 0 Å². The lowest BCUT2D eigenvalue weighted by Crippen LogP contribution is -2.49. The first-order valence-corrected chi connectivity index (χ1v) is 32.4. The van der Waals surface area contributed by atoms with Crippen LogP contribution in [-0.2, 0) is 76.7 Å². The molecule has 27 nitrogen and oxygen atoms in total. The number of ketones is 4. The van der Waals surface area contributed by atoms with Crippen molar-refractivity contribution in [3.05, 3.63) is 47.8 Å². The Kier molecular flexibility index (Phi) is 34.7. The van der Waals surface area contributed by atoms with Crippen molar-refractivity contribution in [1.82, 2.24) is 46.9 Å². The quantitative estimate of drug-likeness (QED) is 0.0237. The third-order valence-corrected chi connectivity index (χ3v) is 16.8. The Hall–Kier alpha value is -6.88. The number of carbonyl (C=O) groups excluding carboxylic acids is 10. The van der Waals surface area contributed by atoms with Crippen molar-refractivity contribution in [2.75, 3.05) is 65.1 Å². The Morgan fingerprint density at radius 1 is 0.742 bits per heavy atom. The summed E-state index contributed by atoms with van der Waals surface area (Å²) in [7, 11) is 0. The van der Waals surface area contributed by atoms with Gasteiger partial charge in [-0.3, -0.25) is 52.8 Å². The van der Waals surface area contributed by atoms with E-state index in [9.17, 15) is 53.1 Å². The van der Waals surface area contributed by atoms with Gasteiger partial charge in [-0.25, -0.2) is 4.79 Å². The van der Waals surface area contributed by atoms with E-state index in [0.717, 1.165) is 25.0 Å². The number of aryl methyl sites for hydroxylation is 1. The molecule has 2 saturated heterocycles. The van der Waals surface area contributed by atoms with Gasteiger partial charge in [-0.15, -0.1) is 5.10 Å². The first-order chi connectivity index (χ1) is 42.8. The Balaban J connectivity index is 0.00000837. The molecule has 1 aromatic heterocycles. The van der Waals surface area contributed by atoms with E-state index in [1.807, 2.05) is 39.5 Å². The number of fused-ring (bicyclic) bond motifs is 3. The summed E-state index contributed by atoms with van der Waals surface area (Å²) >= 11 is 1.87. The Bertz CT molecular complexity index is 2610. The fourth-order valence-corrected chi connectivity index (χ4v) is 12.2. The first-order valence-electron chi connectivity index (χ1n) is 31.3. The number of aliphatic hydroxyl groups is 1. The van der Waals surface area contributed by atoms with Gasteiger partial charge in [0.05, 0.1) is 69.3 Å². The molecule has 0 unspecified atom stereocenters. The standard InChI is InChI=1S/C59H91N13O14S.C2H6/c1-37(2)26-39-30-50(77)47(34-73)67-57(82)41(29-44(75)35-86-25-24-85-23-22-84-21-11-15-43(74)14-6-7-18-51-53-48(36-87-51)68-59(83)69-53)28-42-33-72(71-70-42)20-9-8-16-46(54(60)79)65-52(78)32-64-55(80)40(27-38-12-4-3-5-13-38)31-49(76)45(66-56(39)81)17-10-19-63-58(61)62;1-2/h3-5,12-13,33,37,39-41,45-48,51,53,73H,6-11,14-32,34-36H2,1-2H3,(H2,60,79)(H,64,80)(H,65,78)(H,66,81)(H,67,82)(H4,61,62,63)(H2,68,69,83);1-2H3/t39-,40-,41+,45+,46-,47+,48+,51+,53+;/m0./s1. The van der Waals surface area contributed by atoms with Crippen LogP contribution in [0.5, 0.6) is 0 Å². The Morgan fingerprint density at radius 2 is 1.42 bits per heavy atom. The summed E-state index contributed by atoms with van der Waals surface area (Å²) in [5, 5.41) is 35.9. The molecule has 13 N–H and O–H groups in total. The third kappa shape index (κ3) is 28.7. The molecule has 0 saturated carbocycles. The van der Waals surface area contributed by atoms with Gasteiger partial charge in [0.1, 0.15) is 24.5 Å². The van der Waals surface area contributed by atoms with E-state index in [-0.39, 0.29) is 120 Å². The highest BCUT2D eigenvalue weighted by molar-refractivity contribution is 8.00. The number of rotatable bonds is 29. The monoisotopic (exact) mass is 1270 g/mol. The summed E-state index contributed by atoms with van der Waals surface area (Å²) in [4.78, 5) is 138. The fourth-order valence-electron chi connectivity index (χ4n) is 10.7. The normalized spacial score (nSPS) is 23.5. The number of urea groups is 1. The van der Waals surface area contributed by atoms with E-state index in [1.54, 1.807) is 36.5 Å². The molecule has 5 rings (SSSR count). The molecule has 9 atom stereocenters. The van der Waals surface area contributed by atoms with Gasteiger partial charge in [-0.1, -0.05) is 69.7 Å². The van der Waals surface area contributed by atoms with Gasteiger partial charge in [-0.05, 0) is 75.7 Å². The number of Topliss-reactive ketones (excluding diaryl/α,β-unsaturated/α-hetero) is 4. The van der Waals surface area contributed by atoms with Gasteiger partial charge in [-0.2, -0.15) is 11.8 Å². The highest BCUT2D eigenvalue weighted by atomic mass is 32.2. The van der Waals surface area contributed by atoms with E-state index < -0.39 is 102 Å². The van der Waals surface area contributed by atoms with Gasteiger partial charge in [0, 0.05) is 87.3 Å². The number of primary amides is 1. The first kappa shape index (κ1) is 74.6. The van der Waals surface area contributed by atoms with Crippen LogP contribution in [0.25, 0.3) is 0 Å². The van der Waals surface area contributed by atoms with Crippen LogP contribution in [0.2, 0.25) is 0 Å². The molecular formula is C61H97N13O14S. The molecule has 496 valence electrons. The molecule has 0 radical (unpaired) electrons. The predicted molar refractivity (Wildman–Crippen MR) is 334 cm³/mol. The highest BCUT2D eigenvalue weighted by Gasteiger charge is 2.42. The highest BCUT2D eigenvalue weighted by Crippen LogP contribution is 2.33. The zero-order chi connectivity index (χ0) is 65.1. The number of nitrogens with one attached hydrogen (secondary N) is 6. The zero-order valence-electron chi connectivity index (χ0n) is 52.2. The molecule has 89 heavy (non-hydrogen) atoms. The van der Waals surface area contributed by atoms with Crippen molar-refractivity contribution < 1.29 is 67.3 Å². The molecule has 1 aromatic carbocycles. The molecule has 0 spiro atoms. The van der Waals surface area contributed by atoms with E-state index in [1.165, 1.54) is 4.68 Å². The molecular weight excluding hydrogens is 1170 g/mol. The van der Waals surface area contributed by atoms with Crippen molar-refractivity contribution >= 4 is 76.4 Å².